The smallest absolute Gasteiger partial charge is 0.0713 e. The van der Waals surface area contributed by atoms with Crippen molar-refractivity contribution in [3.63, 3.8) is 0 Å². The van der Waals surface area contributed by atoms with Crippen LogP contribution in [0.4, 0.5) is 0 Å². The summed E-state index contributed by atoms with van der Waals surface area (Å²) in [5.41, 5.74) is 20.1. The predicted octanol–water partition coefficient (Wildman–Crippen LogP) is 13.8. The molecule has 0 saturated heterocycles. The molecule has 0 saturated carbocycles. The monoisotopic (exact) mass is 736 g/mol. The second-order valence-electron chi connectivity index (χ2n) is 16.0. The third-order valence-corrected chi connectivity index (χ3v) is 13.2. The number of para-hydroxylation sites is 3. The van der Waals surface area contributed by atoms with Gasteiger partial charge in [-0.3, -0.25) is 0 Å². The molecule has 2 nitrogen and oxygen atoms in total. The molecule has 9 aromatic carbocycles. The van der Waals surface area contributed by atoms with E-state index >= 15 is 0 Å². The molecule has 0 radical (unpaired) electrons. The third-order valence-electron chi connectivity index (χ3n) is 13.2. The Morgan fingerprint density at radius 3 is 1.57 bits per heavy atom. The van der Waals surface area contributed by atoms with Crippen LogP contribution in [-0.2, 0) is 11.8 Å². The molecular formula is C56H36N2. The van der Waals surface area contributed by atoms with Gasteiger partial charge in [-0.1, -0.05) is 146 Å². The summed E-state index contributed by atoms with van der Waals surface area (Å²) in [7, 11) is 0. The van der Waals surface area contributed by atoms with Gasteiger partial charge in [-0.15, -0.1) is 0 Å². The van der Waals surface area contributed by atoms with Crippen LogP contribution in [0.15, 0.2) is 206 Å². The number of benzene rings is 9. The summed E-state index contributed by atoms with van der Waals surface area (Å²) in [4.78, 5) is 0. The summed E-state index contributed by atoms with van der Waals surface area (Å²) < 4.78 is 4.92. The van der Waals surface area contributed by atoms with Crippen molar-refractivity contribution in [1.82, 2.24) is 9.13 Å². The summed E-state index contributed by atoms with van der Waals surface area (Å²) in [6.45, 7) is 0. The van der Waals surface area contributed by atoms with E-state index in [1.807, 2.05) is 0 Å². The lowest BCUT2D eigenvalue weighted by atomic mass is 9.67. The van der Waals surface area contributed by atoms with Gasteiger partial charge in [0.25, 0.3) is 0 Å². The van der Waals surface area contributed by atoms with Crippen molar-refractivity contribution in [2.75, 3.05) is 0 Å². The minimum atomic E-state index is -0.468. The van der Waals surface area contributed by atoms with E-state index in [-0.39, 0.29) is 0 Å². The van der Waals surface area contributed by atoms with Crippen LogP contribution in [0.5, 0.6) is 0 Å². The Morgan fingerprint density at radius 1 is 0.310 bits per heavy atom. The minimum Gasteiger partial charge on any atom is -0.309 e. The van der Waals surface area contributed by atoms with E-state index in [1.54, 1.807) is 0 Å². The van der Waals surface area contributed by atoms with Crippen molar-refractivity contribution in [3.05, 3.63) is 240 Å². The molecule has 0 spiro atoms. The number of nitrogens with zero attached hydrogens (tertiary/aromatic N) is 2. The van der Waals surface area contributed by atoms with E-state index < -0.39 is 5.41 Å². The van der Waals surface area contributed by atoms with Gasteiger partial charge < -0.3 is 9.13 Å². The van der Waals surface area contributed by atoms with Gasteiger partial charge in [0.05, 0.1) is 27.5 Å². The Bertz CT molecular complexity index is 3380. The van der Waals surface area contributed by atoms with Gasteiger partial charge in [0.15, 0.2) is 0 Å². The first kappa shape index (κ1) is 31.7. The molecule has 2 aliphatic carbocycles. The topological polar surface area (TPSA) is 9.86 Å². The number of aromatic nitrogens is 2. The van der Waals surface area contributed by atoms with Gasteiger partial charge >= 0.3 is 0 Å². The molecule has 0 fully saturated rings. The zero-order valence-electron chi connectivity index (χ0n) is 31.7. The predicted molar refractivity (Wildman–Crippen MR) is 241 cm³/mol. The van der Waals surface area contributed by atoms with Crippen LogP contribution >= 0.6 is 0 Å². The molecule has 0 amide bonds. The number of hydrogen-bond donors (Lipinski definition) is 0. The number of fused-ring (bicyclic) bond motifs is 12. The minimum absolute atomic E-state index is 0.468. The highest BCUT2D eigenvalue weighted by Gasteiger charge is 2.46. The van der Waals surface area contributed by atoms with Crippen molar-refractivity contribution in [1.29, 1.82) is 0 Å². The lowest BCUT2D eigenvalue weighted by molar-refractivity contribution is 0.770. The molecule has 0 unspecified atom stereocenters. The van der Waals surface area contributed by atoms with Crippen LogP contribution in [0.25, 0.3) is 77.2 Å². The fourth-order valence-electron chi connectivity index (χ4n) is 10.8. The average molecular weight is 737 g/mol. The first-order valence-electron chi connectivity index (χ1n) is 20.3. The van der Waals surface area contributed by atoms with Crippen molar-refractivity contribution in [3.8, 4) is 33.6 Å². The normalized spacial score (nSPS) is 13.6. The fourth-order valence-corrected chi connectivity index (χ4v) is 10.8. The van der Waals surface area contributed by atoms with Crippen LogP contribution < -0.4 is 0 Å². The fraction of sp³-hybridized carbons (Fsp3) is 0.0357. The largest absolute Gasteiger partial charge is 0.309 e. The van der Waals surface area contributed by atoms with Crippen LogP contribution in [0.2, 0.25) is 0 Å². The van der Waals surface area contributed by atoms with E-state index in [2.05, 4.69) is 215 Å². The number of rotatable bonds is 4. The molecule has 2 aliphatic rings. The van der Waals surface area contributed by atoms with Crippen molar-refractivity contribution < 1.29 is 0 Å². The maximum atomic E-state index is 2.51. The van der Waals surface area contributed by atoms with Gasteiger partial charge in [0, 0.05) is 32.9 Å². The van der Waals surface area contributed by atoms with Crippen LogP contribution in [-0.4, -0.2) is 9.13 Å². The second kappa shape index (κ2) is 11.8. The lowest BCUT2D eigenvalue weighted by Gasteiger charge is -2.34. The highest BCUT2D eigenvalue weighted by atomic mass is 15.0. The molecule has 270 valence electrons. The quantitative estimate of drug-likeness (QED) is 0.170. The Labute approximate surface area is 336 Å². The van der Waals surface area contributed by atoms with Crippen molar-refractivity contribution in [2.24, 2.45) is 0 Å². The Kier molecular flexibility index (Phi) is 6.46. The van der Waals surface area contributed by atoms with E-state index in [4.69, 9.17) is 0 Å². The molecule has 0 bridgehead atoms. The van der Waals surface area contributed by atoms with Crippen molar-refractivity contribution >= 4 is 43.6 Å². The molecule has 0 atom stereocenters. The summed E-state index contributed by atoms with van der Waals surface area (Å²) in [6, 6.07) is 77.0. The molecule has 13 rings (SSSR count). The Balaban J connectivity index is 1.08. The molecule has 11 aromatic rings. The summed E-state index contributed by atoms with van der Waals surface area (Å²) >= 11 is 0. The Hall–Kier alpha value is -7.42. The molecule has 2 aromatic heterocycles. The molecule has 58 heavy (non-hydrogen) atoms. The maximum absolute atomic E-state index is 2.51. The van der Waals surface area contributed by atoms with Gasteiger partial charge in [-0.25, -0.2) is 0 Å². The van der Waals surface area contributed by atoms with E-state index in [0.29, 0.717) is 0 Å². The van der Waals surface area contributed by atoms with Gasteiger partial charge in [-0.2, -0.15) is 0 Å². The lowest BCUT2D eigenvalue weighted by Crippen LogP contribution is -2.28. The first-order valence-corrected chi connectivity index (χ1v) is 20.3. The summed E-state index contributed by atoms with van der Waals surface area (Å²) in [5.74, 6) is 0. The van der Waals surface area contributed by atoms with Crippen molar-refractivity contribution in [2.45, 2.75) is 11.8 Å². The van der Waals surface area contributed by atoms with E-state index in [0.717, 1.165) is 6.42 Å². The van der Waals surface area contributed by atoms with Gasteiger partial charge in [0.2, 0.25) is 0 Å². The molecule has 2 heteroatoms. The van der Waals surface area contributed by atoms with Crippen LogP contribution in [0, 0.1) is 0 Å². The average Bonchev–Trinajstić information content (AvgIpc) is 4.01. The number of hydrogen-bond acceptors (Lipinski definition) is 0. The van der Waals surface area contributed by atoms with Crippen LogP contribution in [0.1, 0.15) is 33.4 Å². The van der Waals surface area contributed by atoms with Gasteiger partial charge in [-0.05, 0) is 123 Å². The van der Waals surface area contributed by atoms with Crippen LogP contribution in [0.3, 0.4) is 0 Å². The molecule has 2 heterocycles. The zero-order chi connectivity index (χ0) is 38.0. The SMILES string of the molecule is c1ccc(-n2c3ccc(C4(c5ccccc5)c5ccccc5-c5ccccc54)cc3c3cc4c(cc32)Cc2ccc(-n3c5ccccc5c5ccccc53)cc2-4)cc1. The summed E-state index contributed by atoms with van der Waals surface area (Å²) in [6.07, 6.45) is 0.917. The molecule has 0 aliphatic heterocycles. The Morgan fingerprint density at radius 2 is 0.862 bits per heavy atom. The zero-order valence-corrected chi connectivity index (χ0v) is 31.7. The first-order chi connectivity index (χ1) is 28.8. The van der Waals surface area contributed by atoms with E-state index in [1.165, 1.54) is 111 Å². The standard InChI is InChI=1S/C56H36N2/c1-3-15-38(16-4-1)56(50-23-11-7-19-42(50)43-20-8-12-24-51(43)56)39-28-30-54-48(33-39)49-35-47-37(32-55(49)57(54)40-17-5-2-6-18-40)31-36-27-29-41(34-46(36)47)58-52-25-13-9-21-44(52)45-22-10-14-26-53(45)58/h1-30,32-35H,31H2. The molecular weight excluding hydrogens is 701 g/mol. The summed E-state index contributed by atoms with van der Waals surface area (Å²) in [5, 5.41) is 5.11. The van der Waals surface area contributed by atoms with Gasteiger partial charge in [0.1, 0.15) is 0 Å². The molecule has 0 N–H and O–H groups in total. The second-order valence-corrected chi connectivity index (χ2v) is 16.0. The van der Waals surface area contributed by atoms with E-state index in [9.17, 15) is 0 Å². The highest BCUT2D eigenvalue weighted by Crippen LogP contribution is 2.56. The maximum Gasteiger partial charge on any atom is 0.0713 e. The highest BCUT2D eigenvalue weighted by molar-refractivity contribution is 6.12. The third kappa shape index (κ3) is 4.16.